The van der Waals surface area contributed by atoms with Gasteiger partial charge in [-0.15, -0.1) is 0 Å². The van der Waals surface area contributed by atoms with Gasteiger partial charge in [-0.2, -0.15) is 0 Å². The summed E-state index contributed by atoms with van der Waals surface area (Å²) in [6.07, 6.45) is 0.449. The van der Waals surface area contributed by atoms with Gasteiger partial charge in [0.05, 0.1) is 10.5 Å². The number of hydrogen-bond acceptors (Lipinski definition) is 5. The van der Waals surface area contributed by atoms with Crippen molar-refractivity contribution < 1.29 is 22.7 Å². The van der Waals surface area contributed by atoms with E-state index in [1.54, 1.807) is 6.07 Å². The normalized spacial score (nSPS) is 16.0. The van der Waals surface area contributed by atoms with Crippen molar-refractivity contribution in [3.63, 3.8) is 0 Å². The van der Waals surface area contributed by atoms with Crippen molar-refractivity contribution in [1.82, 2.24) is 4.31 Å². The molecule has 0 saturated heterocycles. The first kappa shape index (κ1) is 21.0. The highest BCUT2D eigenvalue weighted by molar-refractivity contribution is 7.89. The highest BCUT2D eigenvalue weighted by Crippen LogP contribution is 2.40. The Morgan fingerprint density at radius 3 is 2.45 bits per heavy atom. The maximum absolute atomic E-state index is 12.3. The van der Waals surface area contributed by atoms with E-state index in [1.165, 1.54) is 38.4 Å². The lowest BCUT2D eigenvalue weighted by atomic mass is 9.97. The van der Waals surface area contributed by atoms with E-state index in [4.69, 9.17) is 4.74 Å². The van der Waals surface area contributed by atoms with Gasteiger partial charge < -0.3 is 10.1 Å². The summed E-state index contributed by atoms with van der Waals surface area (Å²) >= 11 is 0. The van der Waals surface area contributed by atoms with Crippen LogP contribution >= 0.6 is 0 Å². The molecule has 8 heteroatoms. The fourth-order valence-corrected chi connectivity index (χ4v) is 4.39. The topological polar surface area (TPSA) is 92.8 Å². The molecule has 29 heavy (non-hydrogen) atoms. The van der Waals surface area contributed by atoms with Gasteiger partial charge in [0.25, 0.3) is 5.91 Å². The number of hydrogen-bond donors (Lipinski definition) is 1. The third-order valence-corrected chi connectivity index (χ3v) is 6.79. The number of anilines is 1. The van der Waals surface area contributed by atoms with Gasteiger partial charge in [0.2, 0.25) is 10.0 Å². The number of amides is 1. The minimum absolute atomic E-state index is 0.0318. The van der Waals surface area contributed by atoms with Crippen molar-refractivity contribution in [2.24, 2.45) is 0 Å². The molecule has 0 fully saturated rings. The first-order valence-electron chi connectivity index (χ1n) is 9.23. The number of nitrogens with zero attached hydrogens (tertiary/aromatic N) is 1. The molecule has 0 aromatic heterocycles. The van der Waals surface area contributed by atoms with Gasteiger partial charge >= 0.3 is 0 Å². The first-order valence-corrected chi connectivity index (χ1v) is 10.7. The summed E-state index contributed by atoms with van der Waals surface area (Å²) in [5.41, 5.74) is 3.06. The Kier molecular flexibility index (Phi) is 5.77. The number of rotatable bonds is 6. The maximum Gasteiger partial charge on any atom is 0.262 e. The van der Waals surface area contributed by atoms with E-state index in [-0.39, 0.29) is 23.2 Å². The van der Waals surface area contributed by atoms with Gasteiger partial charge in [-0.25, -0.2) is 12.7 Å². The fraction of sp³-hybridized carbons (Fsp3) is 0.333. The molecule has 1 aliphatic rings. The second-order valence-corrected chi connectivity index (χ2v) is 9.50. The Bertz CT molecular complexity index is 1060. The van der Waals surface area contributed by atoms with Gasteiger partial charge in [0.1, 0.15) is 5.75 Å². The van der Waals surface area contributed by atoms with Crippen LogP contribution in [0.15, 0.2) is 41.3 Å². The lowest BCUT2D eigenvalue weighted by molar-refractivity contribution is -0.118. The molecule has 1 atom stereocenters. The van der Waals surface area contributed by atoms with Crippen LogP contribution in [0.1, 0.15) is 40.7 Å². The average molecular weight is 416 g/mol. The molecule has 1 N–H and O–H groups in total. The van der Waals surface area contributed by atoms with Crippen LogP contribution in [0.5, 0.6) is 5.75 Å². The van der Waals surface area contributed by atoms with Crippen molar-refractivity contribution in [2.75, 3.05) is 26.0 Å². The summed E-state index contributed by atoms with van der Waals surface area (Å²) < 4.78 is 30.9. The smallest absolute Gasteiger partial charge is 0.262 e. The predicted molar refractivity (Wildman–Crippen MR) is 110 cm³/mol. The Labute approximate surface area is 170 Å². The van der Waals surface area contributed by atoms with Crippen LogP contribution in [0.2, 0.25) is 0 Å². The molecule has 1 amide bonds. The number of sulfonamides is 1. The lowest BCUT2D eigenvalue weighted by Gasteiger charge is -2.14. The van der Waals surface area contributed by atoms with Gasteiger partial charge in [-0.1, -0.05) is 13.0 Å². The minimum Gasteiger partial charge on any atom is -0.483 e. The summed E-state index contributed by atoms with van der Waals surface area (Å²) in [7, 11) is -0.615. The number of aryl methyl sites for hydroxylation is 1. The second kappa shape index (κ2) is 7.96. The lowest BCUT2D eigenvalue weighted by Crippen LogP contribution is -2.22. The number of carbonyl (C=O) groups excluding carboxylic acids is 2. The molecular formula is C21H24N2O5S. The zero-order valence-electron chi connectivity index (χ0n) is 16.9. The molecule has 3 rings (SSSR count). The van der Waals surface area contributed by atoms with Crippen molar-refractivity contribution in [3.05, 3.63) is 53.1 Å². The highest BCUT2D eigenvalue weighted by atomic mass is 32.2. The Morgan fingerprint density at radius 1 is 1.17 bits per heavy atom. The number of fused-ring (bicyclic) bond motifs is 1. The minimum atomic E-state index is -3.52. The molecule has 2 aromatic carbocycles. The van der Waals surface area contributed by atoms with Crippen LogP contribution < -0.4 is 10.1 Å². The van der Waals surface area contributed by atoms with Crippen molar-refractivity contribution in [1.29, 1.82) is 0 Å². The van der Waals surface area contributed by atoms with Gasteiger partial charge in [-0.05, 0) is 54.3 Å². The van der Waals surface area contributed by atoms with E-state index in [9.17, 15) is 18.0 Å². The fourth-order valence-electron chi connectivity index (χ4n) is 3.49. The molecule has 0 radical (unpaired) electrons. The summed E-state index contributed by atoms with van der Waals surface area (Å²) in [5.74, 6) is 0.194. The van der Waals surface area contributed by atoms with Gasteiger partial charge in [0, 0.05) is 26.2 Å². The third-order valence-electron chi connectivity index (χ3n) is 4.96. The highest BCUT2D eigenvalue weighted by Gasteiger charge is 2.31. The van der Waals surface area contributed by atoms with Gasteiger partial charge in [0.15, 0.2) is 12.4 Å². The largest absolute Gasteiger partial charge is 0.483 e. The maximum atomic E-state index is 12.3. The second-order valence-electron chi connectivity index (χ2n) is 7.35. The predicted octanol–water partition coefficient (Wildman–Crippen LogP) is 2.95. The van der Waals surface area contributed by atoms with E-state index < -0.39 is 15.9 Å². The number of benzene rings is 2. The molecular weight excluding hydrogens is 392 g/mol. The zero-order chi connectivity index (χ0) is 21.3. The van der Waals surface area contributed by atoms with Crippen LogP contribution in [0.3, 0.4) is 0 Å². The SMILES string of the molecule is Cc1ccc(OCC(=O)Nc2ccc(S(=O)(=O)N(C)C)cc2)c2c1C(C)CC2=O. The molecule has 0 spiro atoms. The zero-order valence-corrected chi connectivity index (χ0v) is 17.7. The summed E-state index contributed by atoms with van der Waals surface area (Å²) in [5, 5.41) is 2.66. The molecule has 1 unspecified atom stereocenters. The van der Waals surface area contributed by atoms with E-state index in [1.807, 2.05) is 19.9 Å². The van der Waals surface area contributed by atoms with Crippen LogP contribution in [-0.4, -0.2) is 45.1 Å². The Morgan fingerprint density at radius 2 is 1.83 bits per heavy atom. The van der Waals surface area contributed by atoms with Crippen molar-refractivity contribution in [2.45, 2.75) is 31.1 Å². The monoisotopic (exact) mass is 416 g/mol. The standard InChI is InChI=1S/C21H24N2O5S/c1-13-5-10-18(21-17(24)11-14(2)20(13)21)28-12-19(25)22-15-6-8-16(9-7-15)29(26,27)23(3)4/h5-10,14H,11-12H2,1-4H3,(H,22,25). The van der Waals surface area contributed by atoms with E-state index in [2.05, 4.69) is 5.32 Å². The third kappa shape index (κ3) is 4.18. The Hall–Kier alpha value is -2.71. The van der Waals surface area contributed by atoms with Crippen LogP contribution in [0.4, 0.5) is 5.69 Å². The number of ketones is 1. The first-order chi connectivity index (χ1) is 13.6. The molecule has 0 heterocycles. The quantitative estimate of drug-likeness (QED) is 0.782. The number of carbonyl (C=O) groups is 2. The van der Waals surface area contributed by atoms with E-state index >= 15 is 0 Å². The molecule has 0 bridgehead atoms. The molecule has 0 saturated carbocycles. The van der Waals surface area contributed by atoms with Crippen molar-refractivity contribution in [3.8, 4) is 5.75 Å². The number of Topliss-reactive ketones (excluding diaryl/α,β-unsaturated/α-hetero) is 1. The summed E-state index contributed by atoms with van der Waals surface area (Å²) in [6, 6.07) is 9.51. The van der Waals surface area contributed by atoms with Gasteiger partial charge in [-0.3, -0.25) is 9.59 Å². The molecule has 1 aliphatic carbocycles. The van der Waals surface area contributed by atoms with E-state index in [0.717, 1.165) is 15.4 Å². The van der Waals surface area contributed by atoms with Crippen LogP contribution in [-0.2, 0) is 14.8 Å². The molecule has 0 aliphatic heterocycles. The summed E-state index contributed by atoms with van der Waals surface area (Å²) in [4.78, 5) is 24.7. The van der Waals surface area contributed by atoms with E-state index in [0.29, 0.717) is 23.4 Å². The van der Waals surface area contributed by atoms with Crippen LogP contribution in [0, 0.1) is 6.92 Å². The molecule has 154 valence electrons. The van der Waals surface area contributed by atoms with Crippen molar-refractivity contribution >= 4 is 27.4 Å². The molecule has 2 aromatic rings. The number of nitrogens with one attached hydrogen (secondary N) is 1. The molecule has 7 nitrogen and oxygen atoms in total. The Balaban J connectivity index is 1.67. The number of ether oxygens (including phenoxy) is 1. The van der Waals surface area contributed by atoms with Crippen LogP contribution in [0.25, 0.3) is 0 Å². The average Bonchev–Trinajstić information content (AvgIpc) is 2.97. The summed E-state index contributed by atoms with van der Waals surface area (Å²) in [6.45, 7) is 3.72.